The molecule has 0 aliphatic carbocycles. The van der Waals surface area contributed by atoms with Crippen LogP contribution >= 0.6 is 0 Å². The summed E-state index contributed by atoms with van der Waals surface area (Å²) in [5, 5.41) is 2.69. The Morgan fingerprint density at radius 1 is 1.17 bits per heavy atom. The molecule has 1 N–H and O–H groups in total. The molecule has 0 saturated heterocycles. The van der Waals surface area contributed by atoms with Gasteiger partial charge in [-0.15, -0.1) is 0 Å². The van der Waals surface area contributed by atoms with Crippen molar-refractivity contribution in [2.45, 2.75) is 52.9 Å². The molecule has 1 amide bonds. The second-order valence-corrected chi connectivity index (χ2v) is 4.28. The van der Waals surface area contributed by atoms with Crippen LogP contribution in [0.25, 0.3) is 0 Å². The molecule has 0 spiro atoms. The molecule has 0 fully saturated rings. The third kappa shape index (κ3) is 5.84. The van der Waals surface area contributed by atoms with Crippen LogP contribution in [0.4, 0.5) is 0 Å². The highest BCUT2D eigenvalue weighted by atomic mass is 16.5. The fraction of sp³-hybridized carbons (Fsp3) is 0.714. The van der Waals surface area contributed by atoms with E-state index in [2.05, 4.69) is 23.9 Å². The van der Waals surface area contributed by atoms with Gasteiger partial charge in [-0.25, -0.2) is 4.79 Å². The first kappa shape index (κ1) is 16.7. The number of amides is 1. The zero-order valence-corrected chi connectivity index (χ0v) is 11.9. The lowest BCUT2D eigenvalue weighted by Crippen LogP contribution is -2.33. The quantitative estimate of drug-likeness (QED) is 0.536. The summed E-state index contributed by atoms with van der Waals surface area (Å²) in [5.74, 6) is -0.592. The Hall–Kier alpha value is -1.32. The van der Waals surface area contributed by atoms with E-state index in [1.165, 1.54) is 7.11 Å². The average Bonchev–Trinajstić information content (AvgIpc) is 2.37. The minimum Gasteiger partial charge on any atom is -0.464 e. The fourth-order valence-corrected chi connectivity index (χ4v) is 1.84. The lowest BCUT2D eigenvalue weighted by Gasteiger charge is -2.16. The summed E-state index contributed by atoms with van der Waals surface area (Å²) in [6.45, 7) is 6.02. The first-order chi connectivity index (χ1) is 8.60. The van der Waals surface area contributed by atoms with Crippen molar-refractivity contribution in [3.8, 4) is 0 Å². The van der Waals surface area contributed by atoms with E-state index >= 15 is 0 Å². The van der Waals surface area contributed by atoms with Crippen LogP contribution in [-0.4, -0.2) is 19.0 Å². The second-order valence-electron chi connectivity index (χ2n) is 4.28. The molecule has 0 atom stereocenters. The Morgan fingerprint density at radius 3 is 2.11 bits per heavy atom. The van der Waals surface area contributed by atoms with Crippen LogP contribution in [0.3, 0.4) is 0 Å². The molecule has 0 heterocycles. The number of nitrogens with one attached hydrogen (secondary N) is 1. The van der Waals surface area contributed by atoms with Crippen LogP contribution in [0.1, 0.15) is 52.9 Å². The minimum atomic E-state index is -0.489. The Kier molecular flexibility index (Phi) is 8.97. The Morgan fingerprint density at radius 2 is 1.72 bits per heavy atom. The van der Waals surface area contributed by atoms with Crippen molar-refractivity contribution in [3.05, 3.63) is 11.8 Å². The Balaban J connectivity index is 4.65. The van der Waals surface area contributed by atoms with Crippen molar-refractivity contribution < 1.29 is 14.3 Å². The number of carbonyl (C=O) groups is 2. The van der Waals surface area contributed by atoms with E-state index in [0.717, 1.165) is 25.7 Å². The molecule has 0 saturated carbocycles. The number of methoxy groups -OCH3 is 1. The van der Waals surface area contributed by atoms with Crippen LogP contribution in [0, 0.1) is 5.92 Å². The van der Waals surface area contributed by atoms with Gasteiger partial charge in [-0.1, -0.05) is 39.7 Å². The van der Waals surface area contributed by atoms with Crippen molar-refractivity contribution in [2.24, 2.45) is 5.92 Å². The summed E-state index contributed by atoms with van der Waals surface area (Å²) >= 11 is 0. The molecule has 0 aliphatic heterocycles. The average molecular weight is 255 g/mol. The molecule has 0 rings (SSSR count). The van der Waals surface area contributed by atoms with Crippen molar-refractivity contribution >= 4 is 11.9 Å². The number of rotatable bonds is 8. The van der Waals surface area contributed by atoms with Crippen molar-refractivity contribution in [2.75, 3.05) is 7.11 Å². The van der Waals surface area contributed by atoms with Gasteiger partial charge in [0.2, 0.25) is 5.91 Å². The molecule has 4 heteroatoms. The lowest BCUT2D eigenvalue weighted by atomic mass is 9.97. The van der Waals surface area contributed by atoms with Crippen LogP contribution in [0.15, 0.2) is 11.8 Å². The molecule has 0 aromatic heterocycles. The maximum atomic E-state index is 12.1. The molecular weight excluding hydrogens is 230 g/mol. The summed E-state index contributed by atoms with van der Waals surface area (Å²) in [7, 11) is 1.31. The molecule has 0 radical (unpaired) electrons. The van der Waals surface area contributed by atoms with E-state index in [-0.39, 0.29) is 17.5 Å². The summed E-state index contributed by atoms with van der Waals surface area (Å²) in [6.07, 6.45) is 5.97. The number of hydrogen-bond donors (Lipinski definition) is 1. The largest absolute Gasteiger partial charge is 0.464 e. The highest BCUT2D eigenvalue weighted by Crippen LogP contribution is 2.14. The van der Waals surface area contributed by atoms with E-state index in [4.69, 9.17) is 0 Å². The maximum Gasteiger partial charge on any atom is 0.354 e. The normalized spacial score (nSPS) is 11.5. The van der Waals surface area contributed by atoms with Crippen LogP contribution in [-0.2, 0) is 14.3 Å². The first-order valence-corrected chi connectivity index (χ1v) is 6.69. The smallest absolute Gasteiger partial charge is 0.354 e. The Bertz CT molecular complexity index is 291. The molecule has 18 heavy (non-hydrogen) atoms. The maximum absolute atomic E-state index is 12.1. The van der Waals surface area contributed by atoms with Gasteiger partial charge >= 0.3 is 5.97 Å². The zero-order valence-electron chi connectivity index (χ0n) is 11.9. The number of carbonyl (C=O) groups excluding carboxylic acids is 2. The van der Waals surface area contributed by atoms with Gasteiger partial charge in [-0.2, -0.15) is 0 Å². The number of ether oxygens (including phenoxy) is 1. The first-order valence-electron chi connectivity index (χ1n) is 6.69. The molecule has 4 nitrogen and oxygen atoms in total. The van der Waals surface area contributed by atoms with Gasteiger partial charge in [0.15, 0.2) is 0 Å². The number of hydrogen-bond acceptors (Lipinski definition) is 3. The number of esters is 1. The second kappa shape index (κ2) is 9.68. The van der Waals surface area contributed by atoms with Gasteiger partial charge < -0.3 is 10.1 Å². The zero-order chi connectivity index (χ0) is 14.0. The van der Waals surface area contributed by atoms with Crippen LogP contribution in [0.5, 0.6) is 0 Å². The van der Waals surface area contributed by atoms with E-state index in [1.807, 2.05) is 6.92 Å². The van der Waals surface area contributed by atoms with Crippen molar-refractivity contribution in [3.63, 3.8) is 0 Å². The minimum absolute atomic E-state index is 0.0232. The highest BCUT2D eigenvalue weighted by Gasteiger charge is 2.20. The molecule has 0 aromatic rings. The molecule has 0 unspecified atom stereocenters. The SMILES string of the molecule is CC/C=C(\NC(=O)C(CCC)CCC)C(=O)OC. The molecule has 0 aromatic carbocycles. The van der Waals surface area contributed by atoms with E-state index in [9.17, 15) is 9.59 Å². The van der Waals surface area contributed by atoms with Gasteiger partial charge in [0.05, 0.1) is 7.11 Å². The molecule has 0 aliphatic rings. The van der Waals surface area contributed by atoms with Gasteiger partial charge in [-0.3, -0.25) is 4.79 Å². The fourth-order valence-electron chi connectivity index (χ4n) is 1.84. The van der Waals surface area contributed by atoms with E-state index in [0.29, 0.717) is 6.42 Å². The predicted molar refractivity (Wildman–Crippen MR) is 71.8 cm³/mol. The van der Waals surface area contributed by atoms with Gasteiger partial charge in [-0.05, 0) is 19.3 Å². The van der Waals surface area contributed by atoms with E-state index in [1.54, 1.807) is 6.08 Å². The highest BCUT2D eigenvalue weighted by molar-refractivity contribution is 5.94. The van der Waals surface area contributed by atoms with Crippen molar-refractivity contribution in [1.29, 1.82) is 0 Å². The predicted octanol–water partition coefficient (Wildman–Crippen LogP) is 2.79. The third-order valence-corrected chi connectivity index (χ3v) is 2.72. The lowest BCUT2D eigenvalue weighted by molar-refractivity contribution is -0.138. The van der Waals surface area contributed by atoms with Crippen LogP contribution < -0.4 is 5.32 Å². The van der Waals surface area contributed by atoms with E-state index < -0.39 is 5.97 Å². The molecule has 0 bridgehead atoms. The standard InChI is InChI=1S/C14H25NO3/c1-5-8-11(9-6-2)13(16)15-12(10-7-3)14(17)18-4/h10-11H,5-9H2,1-4H3,(H,15,16)/b12-10-. The summed E-state index contributed by atoms with van der Waals surface area (Å²) in [6, 6.07) is 0. The summed E-state index contributed by atoms with van der Waals surface area (Å²) < 4.78 is 4.64. The number of allylic oxidation sites excluding steroid dienone is 1. The van der Waals surface area contributed by atoms with Crippen LogP contribution in [0.2, 0.25) is 0 Å². The Labute approximate surface area is 110 Å². The third-order valence-electron chi connectivity index (χ3n) is 2.72. The van der Waals surface area contributed by atoms with Crippen molar-refractivity contribution in [1.82, 2.24) is 5.32 Å². The molecular formula is C14H25NO3. The topological polar surface area (TPSA) is 55.4 Å². The monoisotopic (exact) mass is 255 g/mol. The molecule has 104 valence electrons. The van der Waals surface area contributed by atoms with Gasteiger partial charge in [0.1, 0.15) is 5.70 Å². The van der Waals surface area contributed by atoms with Gasteiger partial charge in [0.25, 0.3) is 0 Å². The summed E-state index contributed by atoms with van der Waals surface area (Å²) in [4.78, 5) is 23.5. The van der Waals surface area contributed by atoms with Gasteiger partial charge in [0, 0.05) is 5.92 Å². The summed E-state index contributed by atoms with van der Waals surface area (Å²) in [5.41, 5.74) is 0.252.